The van der Waals surface area contributed by atoms with E-state index in [0.29, 0.717) is 27.2 Å². The molecule has 7 nitrogen and oxygen atoms in total. The lowest BCUT2D eigenvalue weighted by atomic mass is 10.1. The van der Waals surface area contributed by atoms with Crippen molar-refractivity contribution in [3.63, 3.8) is 0 Å². The Bertz CT molecular complexity index is 1220. The minimum atomic E-state index is -3.70. The van der Waals surface area contributed by atoms with Crippen LogP contribution in [0.25, 0.3) is 0 Å². The van der Waals surface area contributed by atoms with Crippen molar-refractivity contribution in [2.24, 2.45) is 5.92 Å². The minimum absolute atomic E-state index is 0.000818. The zero-order chi connectivity index (χ0) is 27.9. The van der Waals surface area contributed by atoms with Crippen molar-refractivity contribution in [3.8, 4) is 0 Å². The van der Waals surface area contributed by atoms with Crippen LogP contribution in [0.5, 0.6) is 0 Å². The Balaban J connectivity index is 2.22. The number of nitrogens with one attached hydrogen (secondary N) is 1. The Hall–Kier alpha value is -1.71. The molecule has 2 amide bonds. The van der Waals surface area contributed by atoms with Gasteiger partial charge >= 0.3 is 0 Å². The number of carbonyl (C=O) groups excluding carboxylic acids is 2. The smallest absolute Gasteiger partial charge is 0.242 e. The molecule has 0 aliphatic rings. The summed E-state index contributed by atoms with van der Waals surface area (Å²) in [5.41, 5.74) is 0.938. The molecule has 0 saturated carbocycles. The summed E-state index contributed by atoms with van der Waals surface area (Å²) in [6, 6.07) is 8.78. The SMILES string of the molecule is CC(C)CNC(=O)[C@@H](C)N(Cc1ccc(Cl)c(Cl)c1)C(=O)CCCN(c1cc(Cl)ccc1Cl)S(C)(=O)=O. The highest BCUT2D eigenvalue weighted by atomic mass is 35.5. The molecule has 2 aromatic carbocycles. The molecular formula is C25H31Cl4N3O4S. The number of anilines is 1. The Morgan fingerprint density at radius 1 is 0.946 bits per heavy atom. The Kier molecular flexibility index (Phi) is 11.8. The van der Waals surface area contributed by atoms with Crippen LogP contribution in [0.4, 0.5) is 5.69 Å². The highest BCUT2D eigenvalue weighted by Gasteiger charge is 2.27. The first kappa shape index (κ1) is 31.5. The summed E-state index contributed by atoms with van der Waals surface area (Å²) in [5, 5.41) is 4.13. The summed E-state index contributed by atoms with van der Waals surface area (Å²) >= 11 is 24.4. The molecule has 0 radical (unpaired) electrons. The Morgan fingerprint density at radius 3 is 2.19 bits per heavy atom. The number of benzene rings is 2. The maximum atomic E-state index is 13.3. The molecule has 37 heavy (non-hydrogen) atoms. The summed E-state index contributed by atoms with van der Waals surface area (Å²) in [6.45, 7) is 6.20. The van der Waals surface area contributed by atoms with E-state index in [0.717, 1.165) is 10.6 Å². The number of hydrogen-bond acceptors (Lipinski definition) is 4. The van der Waals surface area contributed by atoms with Crippen LogP contribution in [0.2, 0.25) is 20.1 Å². The molecule has 2 aromatic rings. The van der Waals surface area contributed by atoms with Gasteiger partial charge < -0.3 is 10.2 Å². The molecule has 0 bridgehead atoms. The lowest BCUT2D eigenvalue weighted by Gasteiger charge is -2.30. The van der Waals surface area contributed by atoms with Crippen LogP contribution in [0, 0.1) is 5.92 Å². The highest BCUT2D eigenvalue weighted by Crippen LogP contribution is 2.31. The lowest BCUT2D eigenvalue weighted by molar-refractivity contribution is -0.140. The van der Waals surface area contributed by atoms with E-state index in [4.69, 9.17) is 46.4 Å². The third-order valence-corrected chi connectivity index (χ3v) is 7.99. The number of halogens is 4. The van der Waals surface area contributed by atoms with Gasteiger partial charge in [0.05, 0.1) is 27.0 Å². The topological polar surface area (TPSA) is 86.8 Å². The van der Waals surface area contributed by atoms with Crippen molar-refractivity contribution in [2.75, 3.05) is 23.7 Å². The molecule has 0 heterocycles. The molecular weight excluding hydrogens is 580 g/mol. The second-order valence-corrected chi connectivity index (χ2v) is 12.7. The summed E-state index contributed by atoms with van der Waals surface area (Å²) < 4.78 is 26.1. The average molecular weight is 611 g/mol. The third kappa shape index (κ3) is 9.52. The van der Waals surface area contributed by atoms with Crippen molar-refractivity contribution in [3.05, 3.63) is 62.1 Å². The molecule has 0 unspecified atom stereocenters. The maximum Gasteiger partial charge on any atom is 0.242 e. The van der Waals surface area contributed by atoms with Crippen molar-refractivity contribution in [1.82, 2.24) is 10.2 Å². The number of rotatable bonds is 12. The third-order valence-electron chi connectivity index (χ3n) is 5.52. The number of sulfonamides is 1. The van der Waals surface area contributed by atoms with Crippen LogP contribution in [0.3, 0.4) is 0 Å². The quantitative estimate of drug-likeness (QED) is 0.318. The van der Waals surface area contributed by atoms with E-state index in [1.807, 2.05) is 13.8 Å². The first-order valence-electron chi connectivity index (χ1n) is 11.6. The fraction of sp³-hybridized carbons (Fsp3) is 0.440. The normalized spacial score (nSPS) is 12.4. The molecule has 0 spiro atoms. The molecule has 12 heteroatoms. The van der Waals surface area contributed by atoms with E-state index in [1.54, 1.807) is 31.2 Å². The van der Waals surface area contributed by atoms with E-state index in [1.165, 1.54) is 17.0 Å². The first-order valence-corrected chi connectivity index (χ1v) is 15.0. The minimum Gasteiger partial charge on any atom is -0.354 e. The Labute approximate surface area is 239 Å². The van der Waals surface area contributed by atoms with E-state index in [2.05, 4.69) is 5.32 Å². The molecule has 0 aliphatic carbocycles. The largest absolute Gasteiger partial charge is 0.354 e. The van der Waals surface area contributed by atoms with Gasteiger partial charge in [-0.25, -0.2) is 8.42 Å². The lowest BCUT2D eigenvalue weighted by Crippen LogP contribution is -2.48. The van der Waals surface area contributed by atoms with E-state index in [9.17, 15) is 18.0 Å². The molecule has 1 N–H and O–H groups in total. The van der Waals surface area contributed by atoms with Crippen molar-refractivity contribution < 1.29 is 18.0 Å². The van der Waals surface area contributed by atoms with Gasteiger partial charge in [0.1, 0.15) is 6.04 Å². The van der Waals surface area contributed by atoms with Gasteiger partial charge in [-0.3, -0.25) is 13.9 Å². The van der Waals surface area contributed by atoms with Gasteiger partial charge in [0.15, 0.2) is 0 Å². The van der Waals surface area contributed by atoms with E-state index < -0.39 is 16.1 Å². The van der Waals surface area contributed by atoms with Crippen LogP contribution < -0.4 is 9.62 Å². The standard InChI is InChI=1S/C25H31Cl4N3O4S/c1-16(2)14-30-25(34)17(3)31(15-18-7-9-20(27)22(29)12-18)24(33)6-5-11-32(37(4,35)36)23-13-19(26)8-10-21(23)28/h7-10,12-13,16-17H,5-6,11,14-15H2,1-4H3,(H,30,34)/t17-/m1/s1. The zero-order valence-corrected chi connectivity index (χ0v) is 24.9. The molecule has 1 atom stereocenters. The summed E-state index contributed by atoms with van der Waals surface area (Å²) in [4.78, 5) is 27.6. The van der Waals surface area contributed by atoms with Crippen molar-refractivity contribution >= 4 is 73.9 Å². The van der Waals surface area contributed by atoms with Crippen LogP contribution in [-0.2, 0) is 26.2 Å². The predicted octanol–water partition coefficient (Wildman–Crippen LogP) is 6.04. The fourth-order valence-corrected chi connectivity index (χ4v) is 5.25. The molecule has 0 saturated heterocycles. The van der Waals surface area contributed by atoms with Gasteiger partial charge in [0.25, 0.3) is 0 Å². The first-order chi connectivity index (χ1) is 17.2. The van der Waals surface area contributed by atoms with Gasteiger partial charge in [-0.1, -0.05) is 66.3 Å². The predicted molar refractivity (Wildman–Crippen MR) is 152 cm³/mol. The number of nitrogens with zero attached hydrogens (tertiary/aromatic N) is 2. The van der Waals surface area contributed by atoms with Crippen LogP contribution in [-0.4, -0.2) is 50.5 Å². The fourth-order valence-electron chi connectivity index (χ4n) is 3.53. The molecule has 2 rings (SSSR count). The van der Waals surface area contributed by atoms with Gasteiger partial charge in [0.2, 0.25) is 21.8 Å². The van der Waals surface area contributed by atoms with Crippen LogP contribution in [0.1, 0.15) is 39.2 Å². The average Bonchev–Trinajstić information content (AvgIpc) is 2.81. The van der Waals surface area contributed by atoms with Gasteiger partial charge in [-0.05, 0) is 55.2 Å². The molecule has 0 aliphatic heterocycles. The highest BCUT2D eigenvalue weighted by molar-refractivity contribution is 7.92. The maximum absolute atomic E-state index is 13.3. The molecule has 0 aromatic heterocycles. The summed E-state index contributed by atoms with van der Waals surface area (Å²) in [7, 11) is -3.70. The molecule has 0 fully saturated rings. The number of amides is 2. The van der Waals surface area contributed by atoms with Crippen molar-refractivity contribution in [2.45, 2.75) is 46.2 Å². The Morgan fingerprint density at radius 2 is 1.59 bits per heavy atom. The zero-order valence-electron chi connectivity index (χ0n) is 21.1. The number of hydrogen-bond donors (Lipinski definition) is 1. The monoisotopic (exact) mass is 609 g/mol. The second kappa shape index (κ2) is 13.9. The summed E-state index contributed by atoms with van der Waals surface area (Å²) in [5.74, 6) is -0.356. The van der Waals surface area contributed by atoms with Gasteiger partial charge in [0, 0.05) is 31.1 Å². The van der Waals surface area contributed by atoms with Crippen LogP contribution in [0.15, 0.2) is 36.4 Å². The van der Waals surface area contributed by atoms with Gasteiger partial charge in [-0.15, -0.1) is 0 Å². The molecule has 204 valence electrons. The van der Waals surface area contributed by atoms with Gasteiger partial charge in [-0.2, -0.15) is 0 Å². The van der Waals surface area contributed by atoms with E-state index in [-0.39, 0.29) is 54.4 Å². The van der Waals surface area contributed by atoms with Crippen molar-refractivity contribution in [1.29, 1.82) is 0 Å². The number of carbonyl (C=O) groups is 2. The van der Waals surface area contributed by atoms with Crippen LogP contribution >= 0.6 is 46.4 Å². The second-order valence-electron chi connectivity index (χ2n) is 9.12. The van der Waals surface area contributed by atoms with E-state index >= 15 is 0 Å². The summed E-state index contributed by atoms with van der Waals surface area (Å²) in [6.07, 6.45) is 1.24.